The molecule has 1 saturated carbocycles. The van der Waals surface area contributed by atoms with Crippen molar-refractivity contribution >= 4 is 5.97 Å². The van der Waals surface area contributed by atoms with E-state index in [0.29, 0.717) is 12.2 Å². The molecule has 2 aliphatic rings. The average Bonchev–Trinajstić information content (AvgIpc) is 3.13. The highest BCUT2D eigenvalue weighted by Crippen LogP contribution is 2.66. The Balaban J connectivity index is 1.60. The maximum atomic E-state index is 12.7. The molecule has 4 nitrogen and oxygen atoms in total. The Bertz CT molecular complexity index is 725. The van der Waals surface area contributed by atoms with Crippen LogP contribution < -0.4 is 9.47 Å². The van der Waals surface area contributed by atoms with Crippen molar-refractivity contribution in [3.8, 4) is 11.5 Å². The van der Waals surface area contributed by atoms with Gasteiger partial charge in [0.05, 0.1) is 7.11 Å². The Hall–Kier alpha value is -2.33. The zero-order valence-corrected chi connectivity index (χ0v) is 13.0. The summed E-state index contributed by atoms with van der Waals surface area (Å²) in [5.41, 5.74) is -0.358. The van der Waals surface area contributed by atoms with Crippen molar-refractivity contribution in [3.05, 3.63) is 60.2 Å². The molecule has 0 bridgehead atoms. The maximum absolute atomic E-state index is 12.7. The average molecular weight is 310 g/mol. The topological polar surface area (TPSA) is 48.1 Å². The van der Waals surface area contributed by atoms with E-state index in [2.05, 4.69) is 0 Å². The van der Waals surface area contributed by atoms with Gasteiger partial charge in [0.15, 0.2) is 5.60 Å². The molecule has 1 aliphatic carbocycles. The van der Waals surface area contributed by atoms with Gasteiger partial charge in [0.1, 0.15) is 17.1 Å². The van der Waals surface area contributed by atoms with Crippen LogP contribution in [0, 0.1) is 0 Å². The van der Waals surface area contributed by atoms with E-state index >= 15 is 0 Å². The molecule has 2 fully saturated rings. The molecule has 0 spiro atoms. The summed E-state index contributed by atoms with van der Waals surface area (Å²) in [5.74, 6) is 1.05. The van der Waals surface area contributed by atoms with Crippen LogP contribution >= 0.6 is 0 Å². The highest BCUT2D eigenvalue weighted by atomic mass is 16.7. The molecule has 0 N–H and O–H groups in total. The zero-order valence-electron chi connectivity index (χ0n) is 13.0. The second kappa shape index (κ2) is 5.10. The van der Waals surface area contributed by atoms with Crippen molar-refractivity contribution in [2.45, 2.75) is 30.5 Å². The van der Waals surface area contributed by atoms with Gasteiger partial charge in [0.2, 0.25) is 0 Å². The summed E-state index contributed by atoms with van der Waals surface area (Å²) < 4.78 is 16.7. The summed E-state index contributed by atoms with van der Waals surface area (Å²) in [6.45, 7) is 0. The second-order valence-electron chi connectivity index (χ2n) is 6.04. The number of carbonyl (C=O) groups excluding carboxylic acids is 1. The van der Waals surface area contributed by atoms with Crippen molar-refractivity contribution in [1.82, 2.24) is 0 Å². The molecule has 0 amide bonds. The van der Waals surface area contributed by atoms with E-state index in [0.717, 1.165) is 24.2 Å². The molecule has 118 valence electrons. The lowest BCUT2D eigenvalue weighted by atomic mass is 9.89. The SMILES string of the molecule is COc1ccc(C23CCCC2(C(=O)Oc2ccccc2)O3)cc1. The highest BCUT2D eigenvalue weighted by molar-refractivity contribution is 5.88. The van der Waals surface area contributed by atoms with E-state index in [1.165, 1.54) is 0 Å². The fourth-order valence-electron chi connectivity index (χ4n) is 3.65. The van der Waals surface area contributed by atoms with Gasteiger partial charge in [0, 0.05) is 0 Å². The fourth-order valence-corrected chi connectivity index (χ4v) is 3.65. The normalized spacial score (nSPS) is 28.0. The van der Waals surface area contributed by atoms with Crippen molar-refractivity contribution in [2.24, 2.45) is 0 Å². The van der Waals surface area contributed by atoms with Crippen LogP contribution in [0.2, 0.25) is 0 Å². The number of hydrogen-bond donors (Lipinski definition) is 0. The third-order valence-corrected chi connectivity index (χ3v) is 4.86. The first kappa shape index (κ1) is 14.3. The van der Waals surface area contributed by atoms with E-state index in [9.17, 15) is 4.79 Å². The van der Waals surface area contributed by atoms with Crippen LogP contribution in [0.5, 0.6) is 11.5 Å². The van der Waals surface area contributed by atoms with E-state index < -0.39 is 11.2 Å². The Kier molecular flexibility index (Phi) is 3.16. The number of para-hydroxylation sites is 1. The third kappa shape index (κ3) is 2.05. The largest absolute Gasteiger partial charge is 0.497 e. The summed E-state index contributed by atoms with van der Waals surface area (Å²) in [7, 11) is 1.64. The Morgan fingerprint density at radius 3 is 2.43 bits per heavy atom. The molecule has 0 aromatic heterocycles. The molecule has 2 aromatic carbocycles. The van der Waals surface area contributed by atoms with Gasteiger partial charge in [-0.1, -0.05) is 30.3 Å². The number of fused-ring (bicyclic) bond motifs is 1. The lowest BCUT2D eigenvalue weighted by Crippen LogP contribution is -2.32. The number of esters is 1. The molecule has 23 heavy (non-hydrogen) atoms. The summed E-state index contributed by atoms with van der Waals surface area (Å²) in [4.78, 5) is 12.7. The van der Waals surface area contributed by atoms with Gasteiger partial charge < -0.3 is 14.2 Å². The molecule has 1 aliphatic heterocycles. The number of carbonyl (C=O) groups is 1. The third-order valence-electron chi connectivity index (χ3n) is 4.86. The van der Waals surface area contributed by atoms with E-state index in [1.807, 2.05) is 42.5 Å². The van der Waals surface area contributed by atoms with Crippen LogP contribution in [0.15, 0.2) is 54.6 Å². The van der Waals surface area contributed by atoms with Crippen molar-refractivity contribution < 1.29 is 19.0 Å². The monoisotopic (exact) mass is 310 g/mol. The van der Waals surface area contributed by atoms with Gasteiger partial charge in [-0.05, 0) is 49.1 Å². The standard InChI is InChI=1S/C19H18O4/c1-21-15-10-8-14(9-11-15)18-12-5-13-19(18,23-18)17(20)22-16-6-3-2-4-7-16/h2-4,6-11H,5,12-13H2,1H3. The Morgan fingerprint density at radius 1 is 1.00 bits per heavy atom. The van der Waals surface area contributed by atoms with Crippen molar-refractivity contribution in [3.63, 3.8) is 0 Å². The minimum atomic E-state index is -0.836. The molecular weight excluding hydrogens is 292 g/mol. The number of hydrogen-bond acceptors (Lipinski definition) is 4. The minimum Gasteiger partial charge on any atom is -0.497 e. The first-order valence-corrected chi connectivity index (χ1v) is 7.82. The smallest absolute Gasteiger partial charge is 0.347 e. The molecule has 1 saturated heterocycles. The molecule has 0 radical (unpaired) electrons. The Morgan fingerprint density at radius 2 is 1.74 bits per heavy atom. The molecular formula is C19H18O4. The second-order valence-corrected chi connectivity index (χ2v) is 6.04. The van der Waals surface area contributed by atoms with Gasteiger partial charge in [0.25, 0.3) is 0 Å². The van der Waals surface area contributed by atoms with Gasteiger partial charge >= 0.3 is 5.97 Å². The van der Waals surface area contributed by atoms with E-state index in [1.54, 1.807) is 19.2 Å². The molecule has 1 heterocycles. The molecule has 2 aromatic rings. The minimum absolute atomic E-state index is 0.294. The predicted octanol–water partition coefficient (Wildman–Crippen LogP) is 3.45. The molecule has 2 atom stereocenters. The van der Waals surface area contributed by atoms with Crippen LogP contribution in [0.1, 0.15) is 24.8 Å². The quantitative estimate of drug-likeness (QED) is 0.493. The van der Waals surface area contributed by atoms with Gasteiger partial charge in [-0.3, -0.25) is 0 Å². The molecule has 2 unspecified atom stereocenters. The number of ether oxygens (including phenoxy) is 3. The molecule has 4 rings (SSSR count). The molecule has 4 heteroatoms. The summed E-state index contributed by atoms with van der Waals surface area (Å²) in [5, 5.41) is 0. The predicted molar refractivity (Wildman–Crippen MR) is 84.4 cm³/mol. The maximum Gasteiger partial charge on any atom is 0.347 e. The van der Waals surface area contributed by atoms with Gasteiger partial charge in [-0.15, -0.1) is 0 Å². The van der Waals surface area contributed by atoms with Crippen LogP contribution in [0.25, 0.3) is 0 Å². The number of epoxide rings is 1. The van der Waals surface area contributed by atoms with Crippen LogP contribution in [0.4, 0.5) is 0 Å². The lowest BCUT2D eigenvalue weighted by molar-refractivity contribution is -0.140. The van der Waals surface area contributed by atoms with Crippen LogP contribution in [-0.2, 0) is 15.1 Å². The van der Waals surface area contributed by atoms with Crippen molar-refractivity contribution in [2.75, 3.05) is 7.11 Å². The van der Waals surface area contributed by atoms with Crippen LogP contribution in [0.3, 0.4) is 0 Å². The first-order valence-electron chi connectivity index (χ1n) is 7.82. The number of rotatable bonds is 4. The summed E-state index contributed by atoms with van der Waals surface area (Å²) >= 11 is 0. The van der Waals surface area contributed by atoms with E-state index in [-0.39, 0.29) is 5.97 Å². The zero-order chi connectivity index (χ0) is 15.9. The first-order chi connectivity index (χ1) is 11.2. The lowest BCUT2D eigenvalue weighted by Gasteiger charge is -2.13. The number of methoxy groups -OCH3 is 1. The highest BCUT2D eigenvalue weighted by Gasteiger charge is 2.78. The van der Waals surface area contributed by atoms with E-state index in [4.69, 9.17) is 14.2 Å². The van der Waals surface area contributed by atoms with Crippen molar-refractivity contribution in [1.29, 1.82) is 0 Å². The van der Waals surface area contributed by atoms with Gasteiger partial charge in [-0.25, -0.2) is 4.79 Å². The van der Waals surface area contributed by atoms with Crippen LogP contribution in [-0.4, -0.2) is 18.7 Å². The number of benzene rings is 2. The van der Waals surface area contributed by atoms with Gasteiger partial charge in [-0.2, -0.15) is 0 Å². The summed E-state index contributed by atoms with van der Waals surface area (Å²) in [6.07, 6.45) is 2.49. The Labute approximate surface area is 135 Å². The summed E-state index contributed by atoms with van der Waals surface area (Å²) in [6, 6.07) is 16.9. The fraction of sp³-hybridized carbons (Fsp3) is 0.316.